The molecule has 3 N–H and O–H groups in total. The van der Waals surface area contributed by atoms with Crippen LogP contribution >= 0.6 is 0 Å². The summed E-state index contributed by atoms with van der Waals surface area (Å²) in [6.45, 7) is 10.8. The summed E-state index contributed by atoms with van der Waals surface area (Å²) in [7, 11) is 0. The molecule has 0 aromatic heterocycles. The summed E-state index contributed by atoms with van der Waals surface area (Å²) in [5.74, 6) is -1.82. The third-order valence-electron chi connectivity index (χ3n) is 5.47. The van der Waals surface area contributed by atoms with Crippen LogP contribution in [0.1, 0.15) is 83.0 Å². The fraction of sp³-hybridized carbons (Fsp3) is 0.267. The number of benzene rings is 3. The van der Waals surface area contributed by atoms with Crippen LogP contribution in [0.4, 0.5) is 22.7 Å². The van der Waals surface area contributed by atoms with E-state index in [0.29, 0.717) is 33.9 Å². The molecule has 3 aromatic rings. The number of imide groups is 1. The Kier molecular flexibility index (Phi) is 7.19. The number of esters is 2. The number of rotatable bonds is 6. The second kappa shape index (κ2) is 10.2. The summed E-state index contributed by atoms with van der Waals surface area (Å²) in [6.07, 6.45) is 0. The lowest BCUT2D eigenvalue weighted by atomic mass is 10.1. The van der Waals surface area contributed by atoms with Crippen molar-refractivity contribution in [3.63, 3.8) is 0 Å². The lowest BCUT2D eigenvalue weighted by molar-refractivity contribution is 0.00570. The zero-order valence-electron chi connectivity index (χ0n) is 22.7. The summed E-state index contributed by atoms with van der Waals surface area (Å²) in [6, 6.07) is 16.6. The molecule has 0 saturated heterocycles. The Morgan fingerprint density at radius 2 is 0.949 bits per heavy atom. The Bertz CT molecular complexity index is 1340. The van der Waals surface area contributed by atoms with Gasteiger partial charge in [0.2, 0.25) is 0 Å². The lowest BCUT2D eigenvalue weighted by Gasteiger charge is -2.20. The molecule has 0 atom stereocenters. The molecule has 9 nitrogen and oxygen atoms in total. The van der Waals surface area contributed by atoms with Crippen LogP contribution in [-0.4, -0.2) is 35.0 Å². The van der Waals surface area contributed by atoms with Crippen molar-refractivity contribution in [1.82, 2.24) is 5.32 Å². The molecule has 0 unspecified atom stereocenters. The van der Waals surface area contributed by atoms with Gasteiger partial charge in [0.05, 0.1) is 33.6 Å². The molecular formula is C30H31N3O6. The Balaban J connectivity index is 1.60. The molecule has 0 bridgehead atoms. The van der Waals surface area contributed by atoms with E-state index >= 15 is 0 Å². The number of hydrogen-bond acceptors (Lipinski definition) is 8. The summed E-state index contributed by atoms with van der Waals surface area (Å²) < 4.78 is 10.8. The van der Waals surface area contributed by atoms with E-state index in [9.17, 15) is 19.2 Å². The van der Waals surface area contributed by atoms with Crippen LogP contribution in [0, 0.1) is 0 Å². The summed E-state index contributed by atoms with van der Waals surface area (Å²) in [5.41, 5.74) is 2.43. The van der Waals surface area contributed by atoms with Crippen molar-refractivity contribution in [2.45, 2.75) is 52.7 Å². The Labute approximate surface area is 226 Å². The average Bonchev–Trinajstić information content (AvgIpc) is 3.10. The number of anilines is 4. The van der Waals surface area contributed by atoms with Crippen LogP contribution < -0.4 is 16.0 Å². The summed E-state index contributed by atoms with van der Waals surface area (Å²) in [5, 5.41) is 8.80. The first-order valence-electron chi connectivity index (χ1n) is 12.4. The normalized spacial score (nSPS) is 12.9. The predicted molar refractivity (Wildman–Crippen MR) is 148 cm³/mol. The van der Waals surface area contributed by atoms with E-state index in [1.165, 1.54) is 0 Å². The van der Waals surface area contributed by atoms with Gasteiger partial charge in [0.15, 0.2) is 0 Å². The van der Waals surface area contributed by atoms with Crippen LogP contribution in [0.15, 0.2) is 60.7 Å². The quantitative estimate of drug-likeness (QED) is 0.264. The van der Waals surface area contributed by atoms with E-state index in [-0.39, 0.29) is 11.1 Å². The number of ether oxygens (including phenoxy) is 2. The van der Waals surface area contributed by atoms with Gasteiger partial charge in [-0.2, -0.15) is 0 Å². The second-order valence-electron chi connectivity index (χ2n) is 11.1. The van der Waals surface area contributed by atoms with Crippen molar-refractivity contribution in [3.05, 3.63) is 82.9 Å². The van der Waals surface area contributed by atoms with Gasteiger partial charge in [-0.1, -0.05) is 0 Å². The van der Waals surface area contributed by atoms with Crippen molar-refractivity contribution >= 4 is 46.5 Å². The van der Waals surface area contributed by atoms with Crippen molar-refractivity contribution in [2.75, 3.05) is 10.6 Å². The van der Waals surface area contributed by atoms with Gasteiger partial charge < -0.3 is 20.1 Å². The molecule has 1 aliphatic heterocycles. The SMILES string of the molecule is CC(C)(C)OC(=O)c1ccc(Nc2cc3c(cc2Nc2ccc(C(=O)OC(C)(C)C)cc2)C(=O)NC3=O)cc1. The molecular weight excluding hydrogens is 498 g/mol. The zero-order chi connectivity index (χ0) is 28.5. The first-order valence-corrected chi connectivity index (χ1v) is 12.4. The number of carbonyl (C=O) groups is 4. The van der Waals surface area contributed by atoms with Crippen molar-refractivity contribution in [1.29, 1.82) is 0 Å². The van der Waals surface area contributed by atoms with E-state index in [1.807, 2.05) is 0 Å². The number of fused-ring (bicyclic) bond motifs is 1. The molecule has 202 valence electrons. The molecule has 0 aliphatic carbocycles. The first kappa shape index (κ1) is 27.4. The molecule has 0 spiro atoms. The van der Waals surface area contributed by atoms with Crippen LogP contribution in [0.5, 0.6) is 0 Å². The van der Waals surface area contributed by atoms with Crippen LogP contribution in [0.2, 0.25) is 0 Å². The molecule has 0 saturated carbocycles. The minimum Gasteiger partial charge on any atom is -0.456 e. The molecule has 1 heterocycles. The van der Waals surface area contributed by atoms with Crippen LogP contribution in [-0.2, 0) is 9.47 Å². The van der Waals surface area contributed by atoms with E-state index in [2.05, 4.69) is 16.0 Å². The monoisotopic (exact) mass is 529 g/mol. The van der Waals surface area contributed by atoms with Gasteiger partial charge in [0, 0.05) is 11.4 Å². The van der Waals surface area contributed by atoms with E-state index in [4.69, 9.17) is 9.47 Å². The van der Waals surface area contributed by atoms with E-state index in [0.717, 1.165) is 0 Å². The van der Waals surface area contributed by atoms with Gasteiger partial charge >= 0.3 is 11.9 Å². The standard InChI is InChI=1S/C30H31N3O6/c1-29(2,3)38-27(36)17-7-11-19(12-8-17)31-23-15-21-22(26(35)33-25(21)34)16-24(23)32-20-13-9-18(10-14-20)28(37)39-30(4,5)6/h7-16,31-32H,1-6H3,(H,33,34,35). The molecule has 0 radical (unpaired) electrons. The lowest BCUT2D eigenvalue weighted by Crippen LogP contribution is -2.23. The maximum absolute atomic E-state index is 12.4. The molecule has 39 heavy (non-hydrogen) atoms. The number of amides is 2. The smallest absolute Gasteiger partial charge is 0.338 e. The molecule has 1 aliphatic rings. The van der Waals surface area contributed by atoms with Gasteiger partial charge in [-0.3, -0.25) is 14.9 Å². The Hall–Kier alpha value is -4.66. The largest absolute Gasteiger partial charge is 0.456 e. The van der Waals surface area contributed by atoms with Crippen molar-refractivity contribution in [2.24, 2.45) is 0 Å². The molecule has 2 amide bonds. The van der Waals surface area contributed by atoms with Crippen molar-refractivity contribution in [3.8, 4) is 0 Å². The molecule has 3 aromatic carbocycles. The third-order valence-corrected chi connectivity index (χ3v) is 5.47. The highest BCUT2D eigenvalue weighted by molar-refractivity contribution is 6.22. The van der Waals surface area contributed by atoms with Gasteiger partial charge in [-0.25, -0.2) is 9.59 Å². The number of carbonyl (C=O) groups excluding carboxylic acids is 4. The van der Waals surface area contributed by atoms with Crippen LogP contribution in [0.3, 0.4) is 0 Å². The highest BCUT2D eigenvalue weighted by Gasteiger charge is 2.28. The summed E-state index contributed by atoms with van der Waals surface area (Å²) >= 11 is 0. The van der Waals surface area contributed by atoms with E-state index < -0.39 is 35.0 Å². The fourth-order valence-corrected chi connectivity index (χ4v) is 3.78. The first-order chi connectivity index (χ1) is 18.2. The van der Waals surface area contributed by atoms with E-state index in [1.54, 1.807) is 102 Å². The van der Waals surface area contributed by atoms with Gasteiger partial charge in [0.25, 0.3) is 11.8 Å². The highest BCUT2D eigenvalue weighted by atomic mass is 16.6. The Morgan fingerprint density at radius 1 is 0.615 bits per heavy atom. The fourth-order valence-electron chi connectivity index (χ4n) is 3.78. The number of nitrogens with one attached hydrogen (secondary N) is 3. The van der Waals surface area contributed by atoms with Crippen LogP contribution in [0.25, 0.3) is 0 Å². The zero-order valence-corrected chi connectivity index (χ0v) is 22.7. The van der Waals surface area contributed by atoms with Gasteiger partial charge in [-0.05, 0) is 102 Å². The minimum absolute atomic E-state index is 0.249. The average molecular weight is 530 g/mol. The highest BCUT2D eigenvalue weighted by Crippen LogP contribution is 2.34. The maximum atomic E-state index is 12.4. The maximum Gasteiger partial charge on any atom is 0.338 e. The molecule has 4 rings (SSSR count). The topological polar surface area (TPSA) is 123 Å². The van der Waals surface area contributed by atoms with Crippen molar-refractivity contribution < 1.29 is 28.7 Å². The molecule has 0 fully saturated rings. The molecule has 9 heteroatoms. The third kappa shape index (κ3) is 6.81. The predicted octanol–water partition coefficient (Wildman–Crippen LogP) is 5.97. The van der Waals surface area contributed by atoms with Gasteiger partial charge in [-0.15, -0.1) is 0 Å². The summed E-state index contributed by atoms with van der Waals surface area (Å²) in [4.78, 5) is 49.3. The van der Waals surface area contributed by atoms with Gasteiger partial charge in [0.1, 0.15) is 11.2 Å². The minimum atomic E-state index is -0.609. The Morgan fingerprint density at radius 3 is 1.26 bits per heavy atom. The number of hydrogen-bond donors (Lipinski definition) is 3. The second-order valence-corrected chi connectivity index (χ2v) is 11.1.